The Balaban J connectivity index is 2.19. The van der Waals surface area contributed by atoms with Gasteiger partial charge in [0.25, 0.3) is 0 Å². The Morgan fingerprint density at radius 1 is 1.63 bits per heavy atom. The van der Waals surface area contributed by atoms with Gasteiger partial charge in [-0.15, -0.1) is 6.58 Å². The molecule has 0 aromatic carbocycles. The molecule has 98 valence electrons. The second kappa shape index (κ2) is 6.01. The second-order valence-corrected chi connectivity index (χ2v) is 4.28. The molecule has 0 radical (unpaired) electrons. The lowest BCUT2D eigenvalue weighted by atomic mass is 10.1. The van der Waals surface area contributed by atoms with Gasteiger partial charge in [0.15, 0.2) is 0 Å². The Hall–Kier alpha value is -2.35. The third-order valence-electron chi connectivity index (χ3n) is 2.97. The van der Waals surface area contributed by atoms with E-state index in [1.54, 1.807) is 17.2 Å². The van der Waals surface area contributed by atoms with Crippen LogP contribution in [-0.4, -0.2) is 28.9 Å². The maximum atomic E-state index is 12.0. The molecule has 0 spiro atoms. The summed E-state index contributed by atoms with van der Waals surface area (Å²) in [6.45, 7) is 4.97. The van der Waals surface area contributed by atoms with Crippen LogP contribution in [0.1, 0.15) is 24.0 Å². The van der Waals surface area contributed by atoms with Gasteiger partial charge in [-0.25, -0.2) is 0 Å². The number of carbonyl (C=O) groups is 1. The molecule has 5 heteroatoms. The standard InChI is InChI=1S/C14H15N3O2/c1-2-3-4-13(18)17-5-6-19-14-11(7-15)8-16-9-12(14)10-17/h2,8-9H,1,3-6,10H2. The highest BCUT2D eigenvalue weighted by Gasteiger charge is 2.21. The molecular formula is C14H15N3O2. The fraction of sp³-hybridized carbons (Fsp3) is 0.357. The maximum Gasteiger partial charge on any atom is 0.223 e. The highest BCUT2D eigenvalue weighted by Crippen LogP contribution is 2.26. The van der Waals surface area contributed by atoms with E-state index in [1.165, 1.54) is 6.20 Å². The highest BCUT2D eigenvalue weighted by atomic mass is 16.5. The summed E-state index contributed by atoms with van der Waals surface area (Å²) in [6, 6.07) is 2.06. The molecule has 1 amide bonds. The van der Waals surface area contributed by atoms with Crippen LogP contribution in [0.4, 0.5) is 0 Å². The first-order chi connectivity index (χ1) is 9.26. The van der Waals surface area contributed by atoms with Crippen LogP contribution in [0, 0.1) is 11.3 Å². The van der Waals surface area contributed by atoms with E-state index in [0.29, 0.717) is 43.9 Å². The molecule has 0 N–H and O–H groups in total. The first-order valence-electron chi connectivity index (χ1n) is 6.14. The van der Waals surface area contributed by atoms with Crippen LogP contribution in [0.5, 0.6) is 5.75 Å². The Kier molecular flexibility index (Phi) is 4.14. The van der Waals surface area contributed by atoms with Crippen molar-refractivity contribution in [2.24, 2.45) is 0 Å². The Labute approximate surface area is 112 Å². The van der Waals surface area contributed by atoms with E-state index in [9.17, 15) is 4.79 Å². The van der Waals surface area contributed by atoms with Gasteiger partial charge in [0.2, 0.25) is 5.91 Å². The number of aromatic nitrogens is 1. The van der Waals surface area contributed by atoms with Crippen LogP contribution in [0.15, 0.2) is 25.0 Å². The summed E-state index contributed by atoms with van der Waals surface area (Å²) in [4.78, 5) is 17.8. The normalized spacial score (nSPS) is 13.7. The monoisotopic (exact) mass is 257 g/mol. The zero-order valence-electron chi connectivity index (χ0n) is 10.6. The molecule has 5 nitrogen and oxygen atoms in total. The average molecular weight is 257 g/mol. The first-order valence-corrected chi connectivity index (χ1v) is 6.14. The Morgan fingerprint density at radius 2 is 2.47 bits per heavy atom. The van der Waals surface area contributed by atoms with Crippen molar-refractivity contribution in [2.45, 2.75) is 19.4 Å². The third-order valence-corrected chi connectivity index (χ3v) is 2.97. The number of pyridine rings is 1. The quantitative estimate of drug-likeness (QED) is 0.772. The Bertz CT molecular complexity index is 534. The van der Waals surface area contributed by atoms with Crippen LogP contribution in [-0.2, 0) is 11.3 Å². The van der Waals surface area contributed by atoms with E-state index in [0.717, 1.165) is 5.56 Å². The predicted octanol–water partition coefficient (Wildman–Crippen LogP) is 1.64. The lowest BCUT2D eigenvalue weighted by Crippen LogP contribution is -2.32. The van der Waals surface area contributed by atoms with Crippen LogP contribution < -0.4 is 4.74 Å². The lowest BCUT2D eigenvalue weighted by molar-refractivity contribution is -0.131. The van der Waals surface area contributed by atoms with E-state index >= 15 is 0 Å². The van der Waals surface area contributed by atoms with Gasteiger partial charge in [0, 0.05) is 24.4 Å². The number of amides is 1. The topological polar surface area (TPSA) is 66.2 Å². The highest BCUT2D eigenvalue weighted by molar-refractivity contribution is 5.76. The molecule has 0 saturated carbocycles. The van der Waals surface area contributed by atoms with Gasteiger partial charge in [-0.1, -0.05) is 6.08 Å². The summed E-state index contributed by atoms with van der Waals surface area (Å²) in [5.41, 5.74) is 1.20. The van der Waals surface area contributed by atoms with Gasteiger partial charge >= 0.3 is 0 Å². The van der Waals surface area contributed by atoms with Crippen molar-refractivity contribution in [1.29, 1.82) is 5.26 Å². The largest absolute Gasteiger partial charge is 0.490 e. The second-order valence-electron chi connectivity index (χ2n) is 4.28. The average Bonchev–Trinajstić information content (AvgIpc) is 2.66. The smallest absolute Gasteiger partial charge is 0.223 e. The Morgan fingerprint density at radius 3 is 3.21 bits per heavy atom. The molecule has 0 saturated heterocycles. The summed E-state index contributed by atoms with van der Waals surface area (Å²) in [5, 5.41) is 9.02. The van der Waals surface area contributed by atoms with Crippen molar-refractivity contribution in [3.8, 4) is 11.8 Å². The zero-order valence-corrected chi connectivity index (χ0v) is 10.6. The number of nitrogens with zero attached hydrogens (tertiary/aromatic N) is 3. The summed E-state index contributed by atoms with van der Waals surface area (Å²) < 4.78 is 5.58. The van der Waals surface area contributed by atoms with E-state index in [4.69, 9.17) is 10.00 Å². The first kappa shape index (κ1) is 13.1. The van der Waals surface area contributed by atoms with Crippen LogP contribution in [0.3, 0.4) is 0 Å². The molecule has 1 aromatic rings. The molecular weight excluding hydrogens is 242 g/mol. The number of nitriles is 1. The van der Waals surface area contributed by atoms with Crippen molar-refractivity contribution in [3.05, 3.63) is 36.2 Å². The summed E-state index contributed by atoms with van der Waals surface area (Å²) >= 11 is 0. The van der Waals surface area contributed by atoms with Crippen molar-refractivity contribution >= 4 is 5.91 Å². The lowest BCUT2D eigenvalue weighted by Gasteiger charge is -2.19. The number of allylic oxidation sites excluding steroid dienone is 1. The van der Waals surface area contributed by atoms with Crippen LogP contribution >= 0.6 is 0 Å². The molecule has 0 unspecified atom stereocenters. The summed E-state index contributed by atoms with van der Waals surface area (Å²) in [6.07, 6.45) is 5.97. The molecule has 1 aromatic heterocycles. The third kappa shape index (κ3) is 2.91. The minimum Gasteiger partial charge on any atom is -0.490 e. The molecule has 1 aliphatic rings. The molecule has 19 heavy (non-hydrogen) atoms. The van der Waals surface area contributed by atoms with E-state index in [-0.39, 0.29) is 5.91 Å². The van der Waals surface area contributed by atoms with Crippen LogP contribution in [0.25, 0.3) is 0 Å². The predicted molar refractivity (Wildman–Crippen MR) is 69.3 cm³/mol. The molecule has 1 aliphatic heterocycles. The summed E-state index contributed by atoms with van der Waals surface area (Å²) in [7, 11) is 0. The van der Waals surface area contributed by atoms with Crippen molar-refractivity contribution in [2.75, 3.05) is 13.2 Å². The molecule has 0 atom stereocenters. The van der Waals surface area contributed by atoms with Gasteiger partial charge < -0.3 is 9.64 Å². The minimum atomic E-state index is 0.0683. The van der Waals surface area contributed by atoms with Gasteiger partial charge in [-0.3, -0.25) is 9.78 Å². The van der Waals surface area contributed by atoms with Gasteiger partial charge in [0.1, 0.15) is 24.0 Å². The van der Waals surface area contributed by atoms with Crippen molar-refractivity contribution in [3.63, 3.8) is 0 Å². The number of carbonyl (C=O) groups excluding carboxylic acids is 1. The number of fused-ring (bicyclic) bond motifs is 1. The van der Waals surface area contributed by atoms with Gasteiger partial charge in [-0.05, 0) is 6.42 Å². The van der Waals surface area contributed by atoms with Crippen molar-refractivity contribution in [1.82, 2.24) is 9.88 Å². The number of hydrogen-bond donors (Lipinski definition) is 0. The molecule has 0 aliphatic carbocycles. The number of hydrogen-bond acceptors (Lipinski definition) is 4. The van der Waals surface area contributed by atoms with E-state index in [1.807, 2.05) is 0 Å². The van der Waals surface area contributed by atoms with Gasteiger partial charge in [-0.2, -0.15) is 5.26 Å². The molecule has 0 bridgehead atoms. The molecule has 2 heterocycles. The van der Waals surface area contributed by atoms with Gasteiger partial charge in [0.05, 0.1) is 13.1 Å². The summed E-state index contributed by atoms with van der Waals surface area (Å²) in [5.74, 6) is 0.621. The molecule has 2 rings (SSSR count). The van der Waals surface area contributed by atoms with E-state index < -0.39 is 0 Å². The zero-order chi connectivity index (χ0) is 13.7. The fourth-order valence-corrected chi connectivity index (χ4v) is 1.99. The minimum absolute atomic E-state index is 0.0683. The fourth-order valence-electron chi connectivity index (χ4n) is 1.99. The maximum absolute atomic E-state index is 12.0. The number of rotatable bonds is 3. The van der Waals surface area contributed by atoms with E-state index in [2.05, 4.69) is 17.6 Å². The SMILES string of the molecule is C=CCCC(=O)N1CCOc2c(C#N)cncc2C1. The molecule has 0 fully saturated rings. The van der Waals surface area contributed by atoms with Crippen molar-refractivity contribution < 1.29 is 9.53 Å². The number of ether oxygens (including phenoxy) is 1. The van der Waals surface area contributed by atoms with Crippen LogP contribution in [0.2, 0.25) is 0 Å².